The first-order chi connectivity index (χ1) is 13.2. The van der Waals surface area contributed by atoms with Crippen molar-refractivity contribution in [3.05, 3.63) is 35.9 Å². The molecular weight excluding hydrogens is 362 g/mol. The van der Waals surface area contributed by atoms with Crippen LogP contribution in [0, 0.1) is 0 Å². The van der Waals surface area contributed by atoms with Crippen molar-refractivity contribution in [1.82, 2.24) is 16.0 Å². The average Bonchev–Trinajstić information content (AvgIpc) is 2.63. The molecule has 0 saturated carbocycles. The van der Waals surface area contributed by atoms with Gasteiger partial charge in [0.05, 0.1) is 7.11 Å². The SMILES string of the molecule is COC(=O)[C@H](CCCCNC(=O)OCc1ccccc1)NC(=O)NC(C)(C)C. The Morgan fingerprint density at radius 2 is 1.75 bits per heavy atom. The van der Waals surface area contributed by atoms with Crippen LogP contribution in [-0.4, -0.2) is 43.3 Å². The monoisotopic (exact) mass is 393 g/mol. The fraction of sp³-hybridized carbons (Fsp3) is 0.550. The van der Waals surface area contributed by atoms with Crippen LogP contribution in [0.1, 0.15) is 45.6 Å². The Labute approximate surface area is 166 Å². The quantitative estimate of drug-likeness (QED) is 0.442. The van der Waals surface area contributed by atoms with E-state index in [4.69, 9.17) is 9.47 Å². The van der Waals surface area contributed by atoms with Crippen molar-refractivity contribution in [2.75, 3.05) is 13.7 Å². The summed E-state index contributed by atoms with van der Waals surface area (Å²) in [5.41, 5.74) is 0.507. The maximum absolute atomic E-state index is 12.0. The van der Waals surface area contributed by atoms with Crippen LogP contribution in [0.15, 0.2) is 30.3 Å². The lowest BCUT2D eigenvalue weighted by Crippen LogP contribution is -2.51. The van der Waals surface area contributed by atoms with Gasteiger partial charge in [-0.2, -0.15) is 0 Å². The number of alkyl carbamates (subject to hydrolysis) is 1. The number of benzene rings is 1. The number of methoxy groups -OCH3 is 1. The molecule has 0 unspecified atom stereocenters. The van der Waals surface area contributed by atoms with Crippen LogP contribution in [0.4, 0.5) is 9.59 Å². The number of rotatable bonds is 9. The first kappa shape index (κ1) is 23.3. The maximum Gasteiger partial charge on any atom is 0.407 e. The lowest BCUT2D eigenvalue weighted by molar-refractivity contribution is -0.143. The molecule has 3 N–H and O–H groups in total. The zero-order valence-electron chi connectivity index (χ0n) is 17.0. The topological polar surface area (TPSA) is 106 Å². The van der Waals surface area contributed by atoms with Crippen LogP contribution in [0.5, 0.6) is 0 Å². The number of urea groups is 1. The van der Waals surface area contributed by atoms with Gasteiger partial charge in [0.25, 0.3) is 0 Å². The number of carbonyl (C=O) groups is 3. The van der Waals surface area contributed by atoms with Crippen molar-refractivity contribution in [1.29, 1.82) is 0 Å². The van der Waals surface area contributed by atoms with Crippen LogP contribution in [-0.2, 0) is 20.9 Å². The molecule has 0 fully saturated rings. The van der Waals surface area contributed by atoms with E-state index in [-0.39, 0.29) is 6.61 Å². The Balaban J connectivity index is 2.27. The number of hydrogen-bond acceptors (Lipinski definition) is 5. The Morgan fingerprint density at radius 3 is 2.36 bits per heavy atom. The summed E-state index contributed by atoms with van der Waals surface area (Å²) in [6.07, 6.45) is 1.17. The highest BCUT2D eigenvalue weighted by atomic mass is 16.5. The smallest absolute Gasteiger partial charge is 0.407 e. The van der Waals surface area contributed by atoms with Crippen LogP contribution in [0.25, 0.3) is 0 Å². The van der Waals surface area contributed by atoms with E-state index >= 15 is 0 Å². The van der Waals surface area contributed by atoms with E-state index in [0.717, 1.165) is 5.56 Å². The second-order valence-electron chi connectivity index (χ2n) is 7.41. The zero-order chi connectivity index (χ0) is 21.0. The lowest BCUT2D eigenvalue weighted by Gasteiger charge is -2.23. The van der Waals surface area contributed by atoms with Crippen LogP contribution in [0.2, 0.25) is 0 Å². The molecule has 0 heterocycles. The molecule has 3 amide bonds. The fourth-order valence-corrected chi connectivity index (χ4v) is 2.36. The predicted octanol–water partition coefficient (Wildman–Crippen LogP) is 2.72. The summed E-state index contributed by atoms with van der Waals surface area (Å²) >= 11 is 0. The van der Waals surface area contributed by atoms with Gasteiger partial charge in [-0.3, -0.25) is 0 Å². The minimum Gasteiger partial charge on any atom is -0.467 e. The molecule has 0 bridgehead atoms. The number of esters is 1. The van der Waals surface area contributed by atoms with Crippen molar-refractivity contribution in [2.45, 2.75) is 58.2 Å². The van der Waals surface area contributed by atoms with Gasteiger partial charge in [-0.25, -0.2) is 14.4 Å². The molecule has 8 heteroatoms. The van der Waals surface area contributed by atoms with Gasteiger partial charge in [0.2, 0.25) is 0 Å². The van der Waals surface area contributed by atoms with Gasteiger partial charge in [0, 0.05) is 12.1 Å². The molecule has 0 radical (unpaired) electrons. The summed E-state index contributed by atoms with van der Waals surface area (Å²) in [4.78, 5) is 35.5. The summed E-state index contributed by atoms with van der Waals surface area (Å²) in [5, 5.41) is 8.03. The van der Waals surface area contributed by atoms with Gasteiger partial charge >= 0.3 is 18.1 Å². The van der Waals surface area contributed by atoms with Gasteiger partial charge < -0.3 is 25.4 Å². The number of nitrogens with one attached hydrogen (secondary N) is 3. The summed E-state index contributed by atoms with van der Waals surface area (Å²) in [6.45, 7) is 6.17. The Morgan fingerprint density at radius 1 is 1.07 bits per heavy atom. The fourth-order valence-electron chi connectivity index (χ4n) is 2.36. The molecule has 1 rings (SSSR count). The minimum absolute atomic E-state index is 0.212. The van der Waals surface area contributed by atoms with E-state index in [1.165, 1.54) is 7.11 Å². The first-order valence-corrected chi connectivity index (χ1v) is 9.32. The predicted molar refractivity (Wildman–Crippen MR) is 106 cm³/mol. The molecular formula is C20H31N3O5. The van der Waals surface area contributed by atoms with Crippen LogP contribution >= 0.6 is 0 Å². The highest BCUT2D eigenvalue weighted by Gasteiger charge is 2.23. The summed E-state index contributed by atoms with van der Waals surface area (Å²) < 4.78 is 9.86. The number of hydrogen-bond donors (Lipinski definition) is 3. The number of ether oxygens (including phenoxy) is 2. The normalized spacial score (nSPS) is 11.9. The highest BCUT2D eigenvalue weighted by Crippen LogP contribution is 2.05. The maximum atomic E-state index is 12.0. The third kappa shape index (κ3) is 10.4. The van der Waals surface area contributed by atoms with E-state index in [9.17, 15) is 14.4 Å². The molecule has 0 aliphatic rings. The molecule has 1 atom stereocenters. The van der Waals surface area contributed by atoms with E-state index in [0.29, 0.717) is 25.8 Å². The van der Waals surface area contributed by atoms with E-state index in [1.54, 1.807) is 0 Å². The molecule has 156 valence electrons. The van der Waals surface area contributed by atoms with Crippen molar-refractivity contribution in [3.8, 4) is 0 Å². The third-order valence-corrected chi connectivity index (χ3v) is 3.68. The first-order valence-electron chi connectivity index (χ1n) is 9.32. The molecule has 8 nitrogen and oxygen atoms in total. The molecule has 0 spiro atoms. The summed E-state index contributed by atoms with van der Waals surface area (Å²) in [5.74, 6) is -0.501. The second-order valence-corrected chi connectivity index (χ2v) is 7.41. The largest absolute Gasteiger partial charge is 0.467 e. The van der Waals surface area contributed by atoms with Crippen molar-refractivity contribution >= 4 is 18.1 Å². The van der Waals surface area contributed by atoms with Crippen molar-refractivity contribution in [2.24, 2.45) is 0 Å². The van der Waals surface area contributed by atoms with Gasteiger partial charge in [-0.1, -0.05) is 30.3 Å². The Kier molecular flexibility index (Phi) is 9.84. The summed E-state index contributed by atoms with van der Waals surface area (Å²) in [6, 6.07) is 8.25. The highest BCUT2D eigenvalue weighted by molar-refractivity contribution is 5.83. The Bertz CT molecular complexity index is 628. The number of amides is 3. The molecule has 0 saturated heterocycles. The van der Waals surface area contributed by atoms with E-state index < -0.39 is 29.7 Å². The molecule has 1 aromatic rings. The lowest BCUT2D eigenvalue weighted by atomic mass is 10.1. The summed E-state index contributed by atoms with van der Waals surface area (Å²) in [7, 11) is 1.28. The average molecular weight is 393 g/mol. The number of carbonyl (C=O) groups excluding carboxylic acids is 3. The molecule has 28 heavy (non-hydrogen) atoms. The molecule has 0 aromatic heterocycles. The second kappa shape index (κ2) is 11.8. The van der Waals surface area contributed by atoms with Gasteiger partial charge in [-0.05, 0) is 45.6 Å². The standard InChI is InChI=1S/C20H31N3O5/c1-20(2,3)23-18(25)22-16(17(24)27-4)12-8-9-13-21-19(26)28-14-15-10-6-5-7-11-15/h5-7,10-11,16H,8-9,12-14H2,1-4H3,(H,21,26)(H2,22,23,25)/t16-/m0/s1. The van der Waals surface area contributed by atoms with E-state index in [1.807, 2.05) is 51.1 Å². The van der Waals surface area contributed by atoms with Crippen molar-refractivity contribution < 1.29 is 23.9 Å². The number of unbranched alkanes of at least 4 members (excludes halogenated alkanes) is 1. The molecule has 0 aliphatic heterocycles. The molecule has 0 aliphatic carbocycles. The molecule has 1 aromatic carbocycles. The third-order valence-electron chi connectivity index (χ3n) is 3.68. The minimum atomic E-state index is -0.739. The van der Waals surface area contributed by atoms with Gasteiger partial charge in [-0.15, -0.1) is 0 Å². The van der Waals surface area contributed by atoms with Crippen LogP contribution in [0.3, 0.4) is 0 Å². The van der Waals surface area contributed by atoms with Gasteiger partial charge in [0.15, 0.2) is 0 Å². The Hall–Kier alpha value is -2.77. The van der Waals surface area contributed by atoms with Gasteiger partial charge in [0.1, 0.15) is 12.6 Å². The van der Waals surface area contributed by atoms with Crippen LogP contribution < -0.4 is 16.0 Å². The van der Waals surface area contributed by atoms with Crippen molar-refractivity contribution in [3.63, 3.8) is 0 Å². The zero-order valence-corrected chi connectivity index (χ0v) is 17.0. The van der Waals surface area contributed by atoms with E-state index in [2.05, 4.69) is 16.0 Å².